The van der Waals surface area contributed by atoms with E-state index in [1.165, 1.54) is 0 Å². The average Bonchev–Trinajstić information content (AvgIpc) is 2.13. The summed E-state index contributed by atoms with van der Waals surface area (Å²) in [5, 5.41) is 0. The van der Waals surface area contributed by atoms with Crippen molar-refractivity contribution in [3.05, 3.63) is 0 Å². The topological polar surface area (TPSA) is 72.6 Å². The van der Waals surface area contributed by atoms with Crippen LogP contribution in [0, 0.1) is 5.92 Å². The van der Waals surface area contributed by atoms with Gasteiger partial charge in [0.2, 0.25) is 5.91 Å². The summed E-state index contributed by atoms with van der Waals surface area (Å²) in [4.78, 5) is 24.9. The van der Waals surface area contributed by atoms with E-state index in [2.05, 4.69) is 0 Å². The van der Waals surface area contributed by atoms with Crippen LogP contribution >= 0.6 is 0 Å². The maximum atomic E-state index is 11.9. The first-order valence-electron chi connectivity index (χ1n) is 6.34. The number of amides is 2. The van der Waals surface area contributed by atoms with Crippen LogP contribution in [0.1, 0.15) is 48.0 Å². The molecule has 5 heteroatoms. The second-order valence-corrected chi connectivity index (χ2v) is 5.94. The maximum absolute atomic E-state index is 11.9. The standard InChI is InChI=1S/C13H26N2O3/c1-9(2)7-8-15(11(16)10(3)14)12(17)18-13(4,5)6/h9-10H,7-8,14H2,1-6H3/t10-/m0/s1. The third-order valence-electron chi connectivity index (χ3n) is 2.20. The minimum absolute atomic E-state index is 0.340. The largest absolute Gasteiger partial charge is 0.443 e. The van der Waals surface area contributed by atoms with Gasteiger partial charge in [0.15, 0.2) is 0 Å². The first-order chi connectivity index (χ1) is 8.04. The minimum Gasteiger partial charge on any atom is -0.443 e. The molecule has 0 rings (SSSR count). The van der Waals surface area contributed by atoms with Crippen LogP contribution in [0.3, 0.4) is 0 Å². The van der Waals surface area contributed by atoms with Crippen LogP contribution in [-0.2, 0) is 9.53 Å². The molecule has 0 saturated heterocycles. The molecule has 0 bridgehead atoms. The van der Waals surface area contributed by atoms with Crippen LogP contribution in [0.2, 0.25) is 0 Å². The Labute approximate surface area is 110 Å². The molecule has 2 amide bonds. The molecule has 0 aromatic heterocycles. The number of imide groups is 1. The molecule has 0 radical (unpaired) electrons. The number of carbonyl (C=O) groups excluding carboxylic acids is 2. The molecule has 0 saturated carbocycles. The molecule has 0 aliphatic carbocycles. The Hall–Kier alpha value is -1.10. The minimum atomic E-state index is -0.704. The van der Waals surface area contributed by atoms with E-state index in [0.717, 1.165) is 11.3 Å². The quantitative estimate of drug-likeness (QED) is 0.838. The van der Waals surface area contributed by atoms with Crippen molar-refractivity contribution in [3.8, 4) is 0 Å². The normalized spacial score (nSPS) is 13.3. The van der Waals surface area contributed by atoms with Gasteiger partial charge in [0.1, 0.15) is 5.60 Å². The van der Waals surface area contributed by atoms with Crippen LogP contribution in [0.15, 0.2) is 0 Å². The summed E-state index contributed by atoms with van der Waals surface area (Å²) in [5.74, 6) is 0.000664. The van der Waals surface area contributed by atoms with Gasteiger partial charge in [0, 0.05) is 6.54 Å². The number of ether oxygens (including phenoxy) is 1. The van der Waals surface area contributed by atoms with Gasteiger partial charge in [-0.1, -0.05) is 13.8 Å². The number of nitrogens with zero attached hydrogens (tertiary/aromatic N) is 1. The molecule has 0 aromatic rings. The van der Waals surface area contributed by atoms with Crippen LogP contribution in [0.5, 0.6) is 0 Å². The summed E-state index contributed by atoms with van der Waals surface area (Å²) in [6.45, 7) is 11.3. The highest BCUT2D eigenvalue weighted by Crippen LogP contribution is 2.12. The molecule has 5 nitrogen and oxygen atoms in total. The van der Waals surface area contributed by atoms with Gasteiger partial charge >= 0.3 is 6.09 Å². The van der Waals surface area contributed by atoms with Crippen LogP contribution < -0.4 is 5.73 Å². The summed E-state index contributed by atoms with van der Waals surface area (Å²) in [7, 11) is 0. The molecule has 0 fully saturated rings. The molecule has 0 spiro atoms. The fourth-order valence-electron chi connectivity index (χ4n) is 1.24. The Balaban J connectivity index is 4.75. The lowest BCUT2D eigenvalue weighted by Gasteiger charge is -2.27. The molecular weight excluding hydrogens is 232 g/mol. The lowest BCUT2D eigenvalue weighted by atomic mass is 10.1. The van der Waals surface area contributed by atoms with Crippen molar-refractivity contribution in [2.75, 3.05) is 6.54 Å². The fourth-order valence-corrected chi connectivity index (χ4v) is 1.24. The Morgan fingerprint density at radius 2 is 1.72 bits per heavy atom. The maximum Gasteiger partial charge on any atom is 0.417 e. The first-order valence-corrected chi connectivity index (χ1v) is 6.34. The van der Waals surface area contributed by atoms with Gasteiger partial charge in [-0.05, 0) is 40.0 Å². The van der Waals surface area contributed by atoms with Gasteiger partial charge < -0.3 is 10.5 Å². The lowest BCUT2D eigenvalue weighted by molar-refractivity contribution is -0.131. The zero-order valence-corrected chi connectivity index (χ0v) is 12.3. The van der Waals surface area contributed by atoms with Crippen molar-refractivity contribution in [3.63, 3.8) is 0 Å². The van der Waals surface area contributed by atoms with Gasteiger partial charge in [-0.15, -0.1) is 0 Å². The van der Waals surface area contributed by atoms with E-state index in [4.69, 9.17) is 10.5 Å². The number of nitrogens with two attached hydrogens (primary N) is 1. The Morgan fingerprint density at radius 3 is 2.06 bits per heavy atom. The molecular formula is C13H26N2O3. The molecule has 0 aromatic carbocycles. The highest BCUT2D eigenvalue weighted by molar-refractivity contribution is 5.94. The van der Waals surface area contributed by atoms with Crippen molar-refractivity contribution in [1.29, 1.82) is 0 Å². The second-order valence-electron chi connectivity index (χ2n) is 5.94. The first kappa shape index (κ1) is 16.9. The highest BCUT2D eigenvalue weighted by atomic mass is 16.6. The van der Waals surface area contributed by atoms with Crippen molar-refractivity contribution in [1.82, 2.24) is 4.90 Å². The van der Waals surface area contributed by atoms with E-state index >= 15 is 0 Å². The summed E-state index contributed by atoms with van der Waals surface area (Å²) in [5.41, 5.74) is 4.93. The SMILES string of the molecule is CC(C)CCN(C(=O)OC(C)(C)C)C(=O)[C@H](C)N. The number of hydrogen-bond acceptors (Lipinski definition) is 4. The third kappa shape index (κ3) is 6.59. The predicted octanol–water partition coefficient (Wildman–Crippen LogP) is 2.14. The average molecular weight is 258 g/mol. The van der Waals surface area contributed by atoms with E-state index in [1.54, 1.807) is 27.7 Å². The molecule has 2 N–H and O–H groups in total. The van der Waals surface area contributed by atoms with E-state index in [9.17, 15) is 9.59 Å². The van der Waals surface area contributed by atoms with Crippen molar-refractivity contribution >= 4 is 12.0 Å². The van der Waals surface area contributed by atoms with Crippen molar-refractivity contribution < 1.29 is 14.3 Å². The molecule has 18 heavy (non-hydrogen) atoms. The molecule has 0 aliphatic rings. The number of hydrogen-bond donors (Lipinski definition) is 1. The highest BCUT2D eigenvalue weighted by Gasteiger charge is 2.28. The van der Waals surface area contributed by atoms with Gasteiger partial charge in [-0.3, -0.25) is 4.79 Å². The molecule has 0 aliphatic heterocycles. The summed E-state index contributed by atoms with van der Waals surface area (Å²) < 4.78 is 5.21. The van der Waals surface area contributed by atoms with Gasteiger partial charge in [0.05, 0.1) is 6.04 Å². The summed E-state index contributed by atoms with van der Waals surface area (Å²) in [6.07, 6.45) is 0.114. The Kier molecular flexibility index (Phi) is 6.32. The predicted molar refractivity (Wildman–Crippen MR) is 71.1 cm³/mol. The number of carbonyl (C=O) groups is 2. The zero-order valence-electron chi connectivity index (χ0n) is 12.3. The Bertz CT molecular complexity index is 293. The number of rotatable bonds is 4. The van der Waals surface area contributed by atoms with Gasteiger partial charge in [0.25, 0.3) is 0 Å². The van der Waals surface area contributed by atoms with Crippen molar-refractivity contribution in [2.24, 2.45) is 11.7 Å². The smallest absolute Gasteiger partial charge is 0.417 e. The van der Waals surface area contributed by atoms with Crippen molar-refractivity contribution in [2.45, 2.75) is 59.6 Å². The zero-order chi connectivity index (χ0) is 14.5. The molecule has 106 valence electrons. The van der Waals surface area contributed by atoms with E-state index < -0.39 is 23.6 Å². The van der Waals surface area contributed by atoms with E-state index in [1.807, 2.05) is 13.8 Å². The fraction of sp³-hybridized carbons (Fsp3) is 0.846. The molecule has 0 heterocycles. The van der Waals surface area contributed by atoms with Crippen LogP contribution in [0.4, 0.5) is 4.79 Å². The third-order valence-corrected chi connectivity index (χ3v) is 2.20. The lowest BCUT2D eigenvalue weighted by Crippen LogP contribution is -2.48. The molecule has 0 unspecified atom stereocenters. The van der Waals surface area contributed by atoms with E-state index in [0.29, 0.717) is 12.5 Å². The van der Waals surface area contributed by atoms with E-state index in [-0.39, 0.29) is 0 Å². The molecule has 1 atom stereocenters. The van der Waals surface area contributed by atoms with Crippen LogP contribution in [0.25, 0.3) is 0 Å². The summed E-state index contributed by atoms with van der Waals surface area (Å²) >= 11 is 0. The Morgan fingerprint density at radius 1 is 1.22 bits per heavy atom. The van der Waals surface area contributed by atoms with Gasteiger partial charge in [-0.2, -0.15) is 0 Å². The van der Waals surface area contributed by atoms with Gasteiger partial charge in [-0.25, -0.2) is 9.69 Å². The second kappa shape index (κ2) is 6.73. The van der Waals surface area contributed by atoms with Crippen LogP contribution in [-0.4, -0.2) is 35.1 Å². The monoisotopic (exact) mass is 258 g/mol. The summed E-state index contributed by atoms with van der Waals surface area (Å²) in [6, 6.07) is -0.704.